The molecule has 0 spiro atoms. The van der Waals surface area contributed by atoms with Gasteiger partial charge in [0.2, 0.25) is 12.0 Å². The van der Waals surface area contributed by atoms with Crippen molar-refractivity contribution in [1.82, 2.24) is 12.2 Å². The van der Waals surface area contributed by atoms with Crippen molar-refractivity contribution in [3.05, 3.63) is 103 Å². The molecular weight excluding hydrogens is 582 g/mol. The first kappa shape index (κ1) is 21.2. The minimum atomic E-state index is -0.695. The van der Waals surface area contributed by atoms with Gasteiger partial charge in [0.15, 0.2) is 0 Å². The smallest absolute Gasteiger partial charge is 0.268 e. The monoisotopic (exact) mass is 595 g/mol. The first-order valence-corrected chi connectivity index (χ1v) is 11.0. The van der Waals surface area contributed by atoms with Crippen LogP contribution in [-0.2, 0) is 0 Å². The Labute approximate surface area is 200 Å². The minimum Gasteiger partial charge on any atom is -0.465 e. The maximum Gasteiger partial charge on any atom is 0.268 e. The van der Waals surface area contributed by atoms with Gasteiger partial charge in [0.1, 0.15) is 17.2 Å². The Kier molecular flexibility index (Phi) is 6.96. The van der Waals surface area contributed by atoms with Crippen LogP contribution in [0, 0.1) is 0 Å². The average molecular weight is 598 g/mol. The lowest BCUT2D eigenvalue weighted by atomic mass is 10.3. The summed E-state index contributed by atoms with van der Waals surface area (Å²) in [5, 5.41) is 0. The van der Waals surface area contributed by atoms with Gasteiger partial charge in [-0.2, -0.15) is 4.03 Å². The number of rotatable bonds is 6. The number of hydrazine groups is 2. The van der Waals surface area contributed by atoms with Crippen LogP contribution < -0.4 is 14.2 Å². The highest BCUT2D eigenvalue weighted by Crippen LogP contribution is 2.38. The molecule has 6 nitrogen and oxygen atoms in total. The van der Waals surface area contributed by atoms with E-state index < -0.39 is 6.23 Å². The van der Waals surface area contributed by atoms with Gasteiger partial charge < -0.3 is 14.2 Å². The Morgan fingerprint density at radius 3 is 1.60 bits per heavy atom. The molecule has 3 aromatic carbocycles. The molecule has 1 heterocycles. The highest BCUT2D eigenvalue weighted by Gasteiger charge is 2.43. The van der Waals surface area contributed by atoms with E-state index in [-0.39, 0.29) is 0 Å². The van der Waals surface area contributed by atoms with Gasteiger partial charge in [-0.05, 0) is 36.4 Å². The summed E-state index contributed by atoms with van der Waals surface area (Å²) in [6.45, 7) is 0. The van der Waals surface area contributed by atoms with Crippen LogP contribution in [0.15, 0.2) is 103 Å². The molecule has 1 aliphatic rings. The fourth-order valence-corrected chi connectivity index (χ4v) is 3.96. The van der Waals surface area contributed by atoms with Crippen LogP contribution in [0.2, 0.25) is 0 Å². The predicted octanol–water partition coefficient (Wildman–Crippen LogP) is 6.40. The Balaban J connectivity index is 1.78. The van der Waals surface area contributed by atoms with Crippen molar-refractivity contribution in [1.29, 1.82) is 0 Å². The third kappa shape index (κ3) is 4.81. The van der Waals surface area contributed by atoms with Crippen molar-refractivity contribution in [2.75, 3.05) is 0 Å². The second kappa shape index (κ2) is 9.84. The molecule has 9 heteroatoms. The minimum absolute atomic E-state index is 0.388. The summed E-state index contributed by atoms with van der Waals surface area (Å²) in [5.74, 6) is 2.78. The van der Waals surface area contributed by atoms with Crippen LogP contribution in [0.5, 0.6) is 17.2 Å². The van der Waals surface area contributed by atoms with E-state index in [2.05, 4.69) is 48.4 Å². The molecule has 0 amide bonds. The largest absolute Gasteiger partial charge is 0.465 e. The van der Waals surface area contributed by atoms with Gasteiger partial charge in [-0.25, -0.2) is 0 Å². The zero-order valence-electron chi connectivity index (χ0n) is 15.4. The summed E-state index contributed by atoms with van der Waals surface area (Å²) in [6, 6.07) is 28.4. The first-order chi connectivity index (χ1) is 14.6. The van der Waals surface area contributed by atoms with E-state index in [1.807, 2.05) is 91.0 Å². The van der Waals surface area contributed by atoms with E-state index >= 15 is 0 Å². The summed E-state index contributed by atoms with van der Waals surface area (Å²) < 4.78 is 23.4. The molecular formula is C21H16Br3N3O3. The van der Waals surface area contributed by atoms with E-state index in [1.165, 1.54) is 0 Å². The second-order valence-electron chi connectivity index (χ2n) is 6.07. The summed E-state index contributed by atoms with van der Waals surface area (Å²) in [5.41, 5.74) is 0. The van der Waals surface area contributed by atoms with Crippen molar-refractivity contribution in [2.24, 2.45) is 0 Å². The molecule has 1 unspecified atom stereocenters. The van der Waals surface area contributed by atoms with E-state index in [0.29, 0.717) is 28.9 Å². The fraction of sp³-hybridized carbons (Fsp3) is 0.0476. The van der Waals surface area contributed by atoms with Crippen LogP contribution in [-0.4, -0.2) is 18.4 Å². The van der Waals surface area contributed by atoms with Gasteiger partial charge in [-0.1, -0.05) is 62.8 Å². The fourth-order valence-electron chi connectivity index (χ4n) is 2.65. The maximum atomic E-state index is 6.25. The number of benzene rings is 3. The quantitative estimate of drug-likeness (QED) is 0.306. The SMILES string of the molecule is BrN1C(Oc2ccccc2)=C(Oc2ccccc2)C(Oc2ccccc2)N(Br)N1Br. The number of nitrogens with zero attached hydrogens (tertiary/aromatic N) is 3. The zero-order valence-corrected chi connectivity index (χ0v) is 20.2. The van der Waals surface area contributed by atoms with Crippen LogP contribution in [0.4, 0.5) is 0 Å². The Bertz CT molecular complexity index is 993. The number of hydrogen-bond acceptors (Lipinski definition) is 6. The van der Waals surface area contributed by atoms with Gasteiger partial charge in [0.25, 0.3) is 5.88 Å². The normalized spacial score (nSPS) is 17.7. The van der Waals surface area contributed by atoms with Gasteiger partial charge in [-0.15, -0.1) is 0 Å². The number of ether oxygens (including phenoxy) is 3. The molecule has 0 saturated heterocycles. The van der Waals surface area contributed by atoms with Crippen molar-refractivity contribution >= 4 is 48.4 Å². The van der Waals surface area contributed by atoms with Crippen molar-refractivity contribution in [2.45, 2.75) is 6.23 Å². The highest BCUT2D eigenvalue weighted by atomic mass is 79.9. The summed E-state index contributed by atoms with van der Waals surface area (Å²) >= 11 is 10.5. The average Bonchev–Trinajstić information content (AvgIpc) is 2.80. The molecule has 0 fully saturated rings. The third-order valence-electron chi connectivity index (χ3n) is 4.02. The van der Waals surface area contributed by atoms with E-state index in [0.717, 1.165) is 0 Å². The van der Waals surface area contributed by atoms with Crippen LogP contribution >= 0.6 is 48.4 Å². The summed E-state index contributed by atoms with van der Waals surface area (Å²) in [4.78, 5) is 0. The lowest BCUT2D eigenvalue weighted by molar-refractivity contribution is -0.0726. The Hall–Kier alpha value is -2.04. The molecule has 0 N–H and O–H groups in total. The summed E-state index contributed by atoms with van der Waals surface area (Å²) in [6.07, 6.45) is -0.695. The topological polar surface area (TPSA) is 37.4 Å². The molecule has 0 saturated carbocycles. The van der Waals surface area contributed by atoms with Crippen LogP contribution in [0.3, 0.4) is 0 Å². The molecule has 0 aromatic heterocycles. The van der Waals surface area contributed by atoms with Crippen molar-refractivity contribution < 1.29 is 14.2 Å². The number of para-hydroxylation sites is 3. The Morgan fingerprint density at radius 2 is 1.07 bits per heavy atom. The van der Waals surface area contributed by atoms with Crippen LogP contribution in [0.1, 0.15) is 0 Å². The van der Waals surface area contributed by atoms with Crippen LogP contribution in [0.25, 0.3) is 0 Å². The number of halogens is 3. The molecule has 3 aromatic rings. The summed E-state index contributed by atoms with van der Waals surface area (Å²) in [7, 11) is 0. The molecule has 1 aliphatic heterocycles. The standard InChI is InChI=1S/C21H16Br3N3O3/c22-25-20(29-17-12-6-2-7-13-17)19(28-16-10-4-1-5-11-16)21(26(23)27(25)24)30-18-14-8-3-9-15-18/h1-15,20H. The van der Waals surface area contributed by atoms with E-state index in [4.69, 9.17) is 14.2 Å². The van der Waals surface area contributed by atoms with Gasteiger partial charge in [-0.3, -0.25) is 0 Å². The van der Waals surface area contributed by atoms with Gasteiger partial charge in [0.05, 0.1) is 32.3 Å². The number of hydrogen-bond donors (Lipinski definition) is 0. The van der Waals surface area contributed by atoms with Gasteiger partial charge in [0, 0.05) is 16.1 Å². The first-order valence-electron chi connectivity index (χ1n) is 8.92. The molecule has 30 heavy (non-hydrogen) atoms. The molecule has 4 rings (SSSR count). The van der Waals surface area contributed by atoms with Gasteiger partial charge >= 0.3 is 0 Å². The van der Waals surface area contributed by atoms with Crippen molar-refractivity contribution in [3.63, 3.8) is 0 Å². The Morgan fingerprint density at radius 1 is 0.600 bits per heavy atom. The van der Waals surface area contributed by atoms with Crippen molar-refractivity contribution in [3.8, 4) is 17.2 Å². The molecule has 0 bridgehead atoms. The third-order valence-corrected chi connectivity index (χ3v) is 6.82. The molecule has 154 valence electrons. The predicted molar refractivity (Wildman–Crippen MR) is 124 cm³/mol. The maximum absolute atomic E-state index is 6.25. The second-order valence-corrected chi connectivity index (χ2v) is 8.11. The highest BCUT2D eigenvalue weighted by molar-refractivity contribution is 9.10. The molecule has 0 radical (unpaired) electrons. The molecule has 1 atom stereocenters. The zero-order chi connectivity index (χ0) is 20.9. The lowest BCUT2D eigenvalue weighted by Crippen LogP contribution is -2.53. The van der Waals surface area contributed by atoms with E-state index in [9.17, 15) is 0 Å². The lowest BCUT2D eigenvalue weighted by Gasteiger charge is -2.41. The molecule has 0 aliphatic carbocycles. The van der Waals surface area contributed by atoms with E-state index in [1.54, 1.807) is 12.2 Å².